The van der Waals surface area contributed by atoms with E-state index >= 15 is 0 Å². The maximum absolute atomic E-state index is 12.8. The monoisotopic (exact) mass is 441 g/mol. The first kappa shape index (κ1) is 23.8. The first-order valence-electron chi connectivity index (χ1n) is 9.44. The van der Waals surface area contributed by atoms with Crippen molar-refractivity contribution < 1.29 is 22.7 Å². The molecule has 0 saturated carbocycles. The van der Waals surface area contributed by atoms with Crippen molar-refractivity contribution >= 4 is 33.7 Å². The van der Waals surface area contributed by atoms with Crippen molar-refractivity contribution in [3.8, 4) is 6.07 Å². The smallest absolute Gasteiger partial charge is 0.331 e. The van der Waals surface area contributed by atoms with E-state index in [2.05, 4.69) is 4.72 Å². The minimum Gasteiger partial charge on any atom is -0.449 e. The van der Waals surface area contributed by atoms with Crippen LogP contribution in [0.15, 0.2) is 65.6 Å². The molecule has 9 heteroatoms. The Hall–Kier alpha value is -3.48. The second kappa shape index (κ2) is 11.1. The Balaban J connectivity index is 2.03. The van der Waals surface area contributed by atoms with Crippen LogP contribution in [0.25, 0.3) is 6.08 Å². The molecule has 0 aliphatic rings. The third-order valence-corrected chi connectivity index (χ3v) is 5.72. The summed E-state index contributed by atoms with van der Waals surface area (Å²) in [4.78, 5) is 26.4. The third kappa shape index (κ3) is 6.77. The lowest BCUT2D eigenvalue weighted by atomic mass is 10.2. The number of nitriles is 1. The number of amides is 1. The number of esters is 1. The molecular weight excluding hydrogens is 418 g/mol. The van der Waals surface area contributed by atoms with Gasteiger partial charge in [0.2, 0.25) is 10.0 Å². The third-order valence-electron chi connectivity index (χ3n) is 4.29. The maximum Gasteiger partial charge on any atom is 0.331 e. The van der Waals surface area contributed by atoms with Crippen LogP contribution >= 0.6 is 0 Å². The number of benzene rings is 2. The molecule has 1 unspecified atom stereocenters. The molecule has 0 spiro atoms. The van der Waals surface area contributed by atoms with Crippen molar-refractivity contribution in [1.82, 2.24) is 4.72 Å². The lowest BCUT2D eigenvalue weighted by Gasteiger charge is -2.24. The van der Waals surface area contributed by atoms with Gasteiger partial charge < -0.3 is 9.64 Å². The Labute approximate surface area is 181 Å². The average molecular weight is 442 g/mol. The van der Waals surface area contributed by atoms with Gasteiger partial charge in [-0.05, 0) is 49.9 Å². The van der Waals surface area contributed by atoms with Crippen LogP contribution in [0.2, 0.25) is 0 Å². The van der Waals surface area contributed by atoms with Crippen LogP contribution < -0.4 is 9.62 Å². The van der Waals surface area contributed by atoms with Gasteiger partial charge in [-0.2, -0.15) is 5.26 Å². The molecule has 0 aromatic heterocycles. The van der Waals surface area contributed by atoms with Crippen LogP contribution in [0.1, 0.15) is 18.9 Å². The van der Waals surface area contributed by atoms with Crippen molar-refractivity contribution in [3.63, 3.8) is 0 Å². The van der Waals surface area contributed by atoms with Crippen LogP contribution in [0, 0.1) is 11.3 Å². The van der Waals surface area contributed by atoms with Gasteiger partial charge in [-0.1, -0.05) is 30.3 Å². The lowest BCUT2D eigenvalue weighted by molar-refractivity contribution is -0.149. The first-order chi connectivity index (χ1) is 14.8. The zero-order valence-electron chi connectivity index (χ0n) is 17.2. The molecule has 0 aliphatic heterocycles. The van der Waals surface area contributed by atoms with Gasteiger partial charge in [-0.15, -0.1) is 0 Å². The Morgan fingerprint density at radius 1 is 1.16 bits per heavy atom. The summed E-state index contributed by atoms with van der Waals surface area (Å²) in [7, 11) is -2.22. The first-order valence-corrected chi connectivity index (χ1v) is 10.9. The number of nitrogens with one attached hydrogen (secondary N) is 1. The Morgan fingerprint density at radius 3 is 2.39 bits per heavy atom. The molecule has 0 aliphatic carbocycles. The Kier molecular flexibility index (Phi) is 8.49. The van der Waals surface area contributed by atoms with E-state index in [0.29, 0.717) is 11.3 Å². The standard InChI is InChI=1S/C22H23N3O5S/c1-17(22(27)25(16-6-15-23)19-7-4-3-5-8-19)30-21(26)14-11-18-9-12-20(13-10-18)31(28,29)24-2/h3-5,7-14,17,24H,6,16H2,1-2H3/b14-11+. The number of carbonyl (C=O) groups excluding carboxylic acids is 2. The van der Waals surface area contributed by atoms with Crippen molar-refractivity contribution in [2.24, 2.45) is 0 Å². The number of para-hydroxylation sites is 1. The molecule has 1 atom stereocenters. The molecule has 8 nitrogen and oxygen atoms in total. The minimum absolute atomic E-state index is 0.104. The van der Waals surface area contributed by atoms with Crippen molar-refractivity contribution in [1.29, 1.82) is 5.26 Å². The molecule has 2 aromatic carbocycles. The van der Waals surface area contributed by atoms with Gasteiger partial charge >= 0.3 is 5.97 Å². The number of rotatable bonds is 9. The second-order valence-electron chi connectivity index (χ2n) is 6.42. The zero-order chi connectivity index (χ0) is 22.9. The Bertz CT molecular complexity index is 1070. The molecule has 1 N–H and O–H groups in total. The average Bonchev–Trinajstić information content (AvgIpc) is 2.78. The predicted molar refractivity (Wildman–Crippen MR) is 116 cm³/mol. The van der Waals surface area contributed by atoms with Crippen LogP contribution in [-0.2, 0) is 24.3 Å². The number of hydrogen-bond donors (Lipinski definition) is 1. The highest BCUT2D eigenvalue weighted by Gasteiger charge is 2.24. The number of anilines is 1. The molecule has 31 heavy (non-hydrogen) atoms. The van der Waals surface area contributed by atoms with Crippen molar-refractivity contribution in [3.05, 3.63) is 66.2 Å². The summed E-state index contributed by atoms with van der Waals surface area (Å²) in [6.45, 7) is 1.65. The second-order valence-corrected chi connectivity index (χ2v) is 8.31. The van der Waals surface area contributed by atoms with E-state index in [9.17, 15) is 18.0 Å². The Morgan fingerprint density at radius 2 is 1.81 bits per heavy atom. The van der Waals surface area contributed by atoms with E-state index in [4.69, 9.17) is 10.00 Å². The number of ether oxygens (including phenoxy) is 1. The number of nitrogens with zero attached hydrogens (tertiary/aromatic N) is 2. The molecule has 0 saturated heterocycles. The molecule has 0 heterocycles. The van der Waals surface area contributed by atoms with Crippen molar-refractivity contribution in [2.75, 3.05) is 18.5 Å². The number of hydrogen-bond acceptors (Lipinski definition) is 6. The molecule has 1 amide bonds. The fraction of sp³-hybridized carbons (Fsp3) is 0.227. The van der Waals surface area contributed by atoms with E-state index in [1.807, 2.05) is 12.1 Å². The van der Waals surface area contributed by atoms with E-state index in [-0.39, 0.29) is 17.9 Å². The molecule has 0 bridgehead atoms. The summed E-state index contributed by atoms with van der Waals surface area (Å²) in [6.07, 6.45) is 1.70. The zero-order valence-corrected chi connectivity index (χ0v) is 18.0. The summed E-state index contributed by atoms with van der Waals surface area (Å²) in [5, 5.41) is 8.86. The van der Waals surface area contributed by atoms with Gasteiger partial charge in [0, 0.05) is 18.3 Å². The highest BCUT2D eigenvalue weighted by atomic mass is 32.2. The molecule has 0 radical (unpaired) electrons. The van der Waals surface area contributed by atoms with Gasteiger partial charge in [0.25, 0.3) is 5.91 Å². The SMILES string of the molecule is CNS(=O)(=O)c1ccc(/C=C/C(=O)OC(C)C(=O)N(CCC#N)c2ccccc2)cc1. The highest BCUT2D eigenvalue weighted by molar-refractivity contribution is 7.89. The molecule has 2 rings (SSSR count). The van der Waals surface area contributed by atoms with Crippen LogP contribution in [0.5, 0.6) is 0 Å². The van der Waals surface area contributed by atoms with Gasteiger partial charge in [0.15, 0.2) is 6.10 Å². The number of sulfonamides is 1. The van der Waals surface area contributed by atoms with Gasteiger partial charge in [-0.25, -0.2) is 17.9 Å². The van der Waals surface area contributed by atoms with Crippen molar-refractivity contribution in [2.45, 2.75) is 24.3 Å². The molecule has 2 aromatic rings. The fourth-order valence-corrected chi connectivity index (χ4v) is 3.39. The summed E-state index contributed by atoms with van der Waals surface area (Å²) >= 11 is 0. The minimum atomic E-state index is -3.54. The maximum atomic E-state index is 12.8. The lowest BCUT2D eigenvalue weighted by Crippen LogP contribution is -2.40. The molecule has 162 valence electrons. The van der Waals surface area contributed by atoms with Gasteiger partial charge in [0.1, 0.15) is 0 Å². The summed E-state index contributed by atoms with van der Waals surface area (Å²) in [5.74, 6) is -1.16. The van der Waals surface area contributed by atoms with E-state index in [1.165, 1.54) is 37.1 Å². The molecular formula is C22H23N3O5S. The fourth-order valence-electron chi connectivity index (χ4n) is 2.66. The highest BCUT2D eigenvalue weighted by Crippen LogP contribution is 2.16. The largest absolute Gasteiger partial charge is 0.449 e. The van der Waals surface area contributed by atoms with Crippen LogP contribution in [-0.4, -0.2) is 40.0 Å². The summed E-state index contributed by atoms with van der Waals surface area (Å²) in [6, 6.07) is 16.7. The van der Waals surface area contributed by atoms with Crippen LogP contribution in [0.3, 0.4) is 0 Å². The van der Waals surface area contributed by atoms with E-state index in [0.717, 1.165) is 6.08 Å². The topological polar surface area (TPSA) is 117 Å². The van der Waals surface area contributed by atoms with E-state index in [1.54, 1.807) is 36.4 Å². The normalized spacial score (nSPS) is 12.2. The van der Waals surface area contributed by atoms with Gasteiger partial charge in [-0.3, -0.25) is 4.79 Å². The van der Waals surface area contributed by atoms with Crippen LogP contribution in [0.4, 0.5) is 5.69 Å². The molecule has 0 fully saturated rings. The summed E-state index contributed by atoms with van der Waals surface area (Å²) < 4.78 is 30.9. The van der Waals surface area contributed by atoms with Gasteiger partial charge in [0.05, 0.1) is 17.4 Å². The number of carbonyl (C=O) groups is 2. The predicted octanol–water partition coefficient (Wildman–Crippen LogP) is 2.49. The quantitative estimate of drug-likeness (QED) is 0.472. The summed E-state index contributed by atoms with van der Waals surface area (Å²) in [5.41, 5.74) is 1.20. The van der Waals surface area contributed by atoms with E-state index < -0.39 is 28.0 Å².